The van der Waals surface area contributed by atoms with Gasteiger partial charge in [-0.15, -0.1) is 0 Å². The van der Waals surface area contributed by atoms with Gasteiger partial charge in [0.2, 0.25) is 5.91 Å². The lowest BCUT2D eigenvalue weighted by Gasteiger charge is -2.39. The van der Waals surface area contributed by atoms with E-state index in [1.165, 1.54) is 0 Å². The Hall–Kier alpha value is -0.610. The minimum Gasteiger partial charge on any atom is -0.376 e. The van der Waals surface area contributed by atoms with Crippen molar-refractivity contribution in [1.82, 2.24) is 5.32 Å². The van der Waals surface area contributed by atoms with Gasteiger partial charge in [-0.05, 0) is 26.7 Å². The first-order valence-electron chi connectivity index (χ1n) is 4.50. The molecule has 4 nitrogen and oxygen atoms in total. The molecule has 0 spiro atoms. The zero-order valence-corrected chi connectivity index (χ0v) is 8.46. The van der Waals surface area contributed by atoms with Crippen molar-refractivity contribution in [1.29, 1.82) is 0 Å². The molecule has 0 aromatic rings. The smallest absolute Gasteiger partial charge is 0.242 e. The molecule has 1 saturated heterocycles. The molecule has 0 saturated carbocycles. The lowest BCUT2D eigenvalue weighted by atomic mass is 9.80. The third-order valence-corrected chi connectivity index (χ3v) is 2.99. The number of ether oxygens (including phenoxy) is 1. The number of primary amides is 1. The molecule has 1 aliphatic heterocycles. The van der Waals surface area contributed by atoms with E-state index in [4.69, 9.17) is 10.5 Å². The number of methoxy groups -OCH3 is 1. The molecule has 1 radical (unpaired) electrons. The van der Waals surface area contributed by atoms with E-state index in [0.717, 1.165) is 6.42 Å². The number of nitrogens with two attached hydrogens (primary N) is 1. The first-order valence-corrected chi connectivity index (χ1v) is 4.50. The van der Waals surface area contributed by atoms with Crippen LogP contribution < -0.4 is 11.1 Å². The van der Waals surface area contributed by atoms with Gasteiger partial charge in [-0.1, -0.05) is 0 Å². The fourth-order valence-corrected chi connectivity index (χ4v) is 1.84. The van der Waals surface area contributed by atoms with Crippen LogP contribution in [0.1, 0.15) is 26.7 Å². The fourth-order valence-electron chi connectivity index (χ4n) is 1.84. The monoisotopic (exact) mass is 185 g/mol. The van der Waals surface area contributed by atoms with Gasteiger partial charge in [-0.25, -0.2) is 5.32 Å². The van der Waals surface area contributed by atoms with E-state index < -0.39 is 11.1 Å². The molecule has 1 aliphatic rings. The average Bonchev–Trinajstić information content (AvgIpc) is 2.53. The predicted molar refractivity (Wildman–Crippen MR) is 49.2 cm³/mol. The number of hydrogen-bond donors (Lipinski definition) is 1. The summed E-state index contributed by atoms with van der Waals surface area (Å²) in [5.41, 5.74) is 3.96. The molecule has 0 aliphatic carbocycles. The summed E-state index contributed by atoms with van der Waals surface area (Å²) in [5.74, 6) is -0.378. The Kier molecular flexibility index (Phi) is 2.63. The molecular formula is C9H17N2O2. The standard InChI is InChI=1S/C9H17N2O2/c1-8(2,13-3)9(7(10)12)5-4-6-11-9/h4-6H2,1-3H3,(H2,10,12)/t9-/m1/s1. The number of amides is 1. The summed E-state index contributed by atoms with van der Waals surface area (Å²) in [7, 11) is 1.58. The van der Waals surface area contributed by atoms with Crippen LogP contribution in [0.4, 0.5) is 0 Å². The van der Waals surface area contributed by atoms with Crippen LogP contribution in [-0.2, 0) is 9.53 Å². The van der Waals surface area contributed by atoms with Crippen LogP contribution in [0.25, 0.3) is 0 Å². The first-order chi connectivity index (χ1) is 5.96. The molecule has 1 amide bonds. The quantitative estimate of drug-likeness (QED) is 0.674. The summed E-state index contributed by atoms with van der Waals surface area (Å²) in [4.78, 5) is 11.4. The maximum atomic E-state index is 11.4. The Morgan fingerprint density at radius 1 is 1.62 bits per heavy atom. The van der Waals surface area contributed by atoms with Crippen molar-refractivity contribution in [2.75, 3.05) is 13.7 Å². The van der Waals surface area contributed by atoms with Gasteiger partial charge < -0.3 is 10.5 Å². The van der Waals surface area contributed by atoms with Gasteiger partial charge in [0.25, 0.3) is 0 Å². The largest absolute Gasteiger partial charge is 0.376 e. The molecule has 0 unspecified atom stereocenters. The van der Waals surface area contributed by atoms with E-state index in [-0.39, 0.29) is 5.91 Å². The van der Waals surface area contributed by atoms with Crippen LogP contribution in [0.3, 0.4) is 0 Å². The molecule has 1 heterocycles. The van der Waals surface area contributed by atoms with Crippen molar-refractivity contribution >= 4 is 5.91 Å². The van der Waals surface area contributed by atoms with Crippen molar-refractivity contribution in [3.8, 4) is 0 Å². The number of carbonyl (C=O) groups excluding carboxylic acids is 1. The Morgan fingerprint density at radius 3 is 2.54 bits per heavy atom. The lowest BCUT2D eigenvalue weighted by Crippen LogP contribution is -2.62. The molecule has 0 bridgehead atoms. The SMILES string of the molecule is COC(C)(C)[C@]1(C(N)=O)CCC[N]1. The highest BCUT2D eigenvalue weighted by Gasteiger charge is 2.53. The van der Waals surface area contributed by atoms with Gasteiger partial charge in [-0.3, -0.25) is 4.79 Å². The summed E-state index contributed by atoms with van der Waals surface area (Å²) in [6, 6.07) is 0. The summed E-state index contributed by atoms with van der Waals surface area (Å²) in [6.45, 7) is 4.41. The second-order valence-corrected chi connectivity index (χ2v) is 3.92. The van der Waals surface area contributed by atoms with Crippen LogP contribution in [-0.4, -0.2) is 30.7 Å². The van der Waals surface area contributed by atoms with Gasteiger partial charge in [-0.2, -0.15) is 0 Å². The summed E-state index contributed by atoms with van der Waals surface area (Å²) in [5, 5.41) is 4.31. The Labute approximate surface area is 78.8 Å². The molecule has 75 valence electrons. The van der Waals surface area contributed by atoms with Gasteiger partial charge in [0.1, 0.15) is 5.54 Å². The minimum absolute atomic E-state index is 0.378. The van der Waals surface area contributed by atoms with Gasteiger partial charge >= 0.3 is 0 Å². The van der Waals surface area contributed by atoms with E-state index in [9.17, 15) is 4.79 Å². The molecule has 1 rings (SSSR count). The molecule has 4 heteroatoms. The highest BCUT2D eigenvalue weighted by molar-refractivity contribution is 5.86. The molecule has 1 fully saturated rings. The molecule has 2 N–H and O–H groups in total. The maximum absolute atomic E-state index is 11.4. The molecule has 0 aromatic heterocycles. The van der Waals surface area contributed by atoms with E-state index in [0.29, 0.717) is 13.0 Å². The Bertz CT molecular complexity index is 208. The lowest BCUT2D eigenvalue weighted by molar-refractivity contribution is -0.137. The molecule has 13 heavy (non-hydrogen) atoms. The molecular weight excluding hydrogens is 168 g/mol. The van der Waals surface area contributed by atoms with Crippen LogP contribution in [0, 0.1) is 0 Å². The highest BCUT2D eigenvalue weighted by Crippen LogP contribution is 2.34. The van der Waals surface area contributed by atoms with Crippen molar-refractivity contribution in [2.45, 2.75) is 37.8 Å². The Balaban J connectivity index is 2.97. The third-order valence-electron chi connectivity index (χ3n) is 2.99. The van der Waals surface area contributed by atoms with Gasteiger partial charge in [0.05, 0.1) is 5.60 Å². The van der Waals surface area contributed by atoms with Crippen LogP contribution in [0.2, 0.25) is 0 Å². The Morgan fingerprint density at radius 2 is 2.23 bits per heavy atom. The van der Waals surface area contributed by atoms with Gasteiger partial charge in [0, 0.05) is 13.7 Å². The predicted octanol–water partition coefficient (Wildman–Crippen LogP) is 0.0337. The average molecular weight is 185 g/mol. The third kappa shape index (κ3) is 1.44. The number of rotatable bonds is 3. The number of carbonyl (C=O) groups is 1. The van der Waals surface area contributed by atoms with Crippen LogP contribution in [0.5, 0.6) is 0 Å². The van der Waals surface area contributed by atoms with Crippen LogP contribution in [0.15, 0.2) is 0 Å². The zero-order valence-electron chi connectivity index (χ0n) is 8.46. The highest BCUT2D eigenvalue weighted by atomic mass is 16.5. The zero-order chi connectivity index (χ0) is 10.1. The number of nitrogens with zero attached hydrogens (tertiary/aromatic N) is 1. The van der Waals surface area contributed by atoms with Crippen molar-refractivity contribution in [3.63, 3.8) is 0 Å². The number of hydrogen-bond acceptors (Lipinski definition) is 2. The van der Waals surface area contributed by atoms with E-state index in [1.54, 1.807) is 7.11 Å². The van der Waals surface area contributed by atoms with Crippen molar-refractivity contribution in [2.24, 2.45) is 5.73 Å². The van der Waals surface area contributed by atoms with Crippen molar-refractivity contribution in [3.05, 3.63) is 0 Å². The molecule has 0 aromatic carbocycles. The second-order valence-electron chi connectivity index (χ2n) is 3.92. The van der Waals surface area contributed by atoms with E-state index in [1.807, 2.05) is 13.8 Å². The second kappa shape index (κ2) is 3.27. The fraction of sp³-hybridized carbons (Fsp3) is 0.889. The first kappa shape index (κ1) is 10.5. The summed E-state index contributed by atoms with van der Waals surface area (Å²) in [6.07, 6.45) is 1.61. The molecule has 1 atom stereocenters. The summed E-state index contributed by atoms with van der Waals surface area (Å²) < 4.78 is 5.29. The van der Waals surface area contributed by atoms with Gasteiger partial charge in [0.15, 0.2) is 0 Å². The van der Waals surface area contributed by atoms with E-state index >= 15 is 0 Å². The van der Waals surface area contributed by atoms with Crippen LogP contribution >= 0.6 is 0 Å². The maximum Gasteiger partial charge on any atom is 0.242 e. The van der Waals surface area contributed by atoms with E-state index in [2.05, 4.69) is 5.32 Å². The minimum atomic E-state index is -0.818. The normalized spacial score (nSPS) is 29.2. The summed E-state index contributed by atoms with van der Waals surface area (Å²) >= 11 is 0. The topological polar surface area (TPSA) is 66.4 Å². The van der Waals surface area contributed by atoms with Crippen molar-refractivity contribution < 1.29 is 9.53 Å².